The summed E-state index contributed by atoms with van der Waals surface area (Å²) in [6.45, 7) is 8.20. The van der Waals surface area contributed by atoms with Crippen molar-refractivity contribution in [3.8, 4) is 0 Å². The van der Waals surface area contributed by atoms with Gasteiger partial charge in [0.05, 0.1) is 0 Å². The number of nitrogens with two attached hydrogens (primary N) is 1. The maximum absolute atomic E-state index is 5.80. The van der Waals surface area contributed by atoms with Gasteiger partial charge in [0.1, 0.15) is 0 Å². The van der Waals surface area contributed by atoms with Crippen molar-refractivity contribution in [2.24, 2.45) is 5.73 Å². The van der Waals surface area contributed by atoms with E-state index in [0.29, 0.717) is 6.04 Å². The van der Waals surface area contributed by atoms with Gasteiger partial charge in [0, 0.05) is 6.04 Å². The molecule has 0 amide bonds. The lowest BCUT2D eigenvalue weighted by Gasteiger charge is -2.10. The highest BCUT2D eigenvalue weighted by molar-refractivity contribution is 4.95. The van der Waals surface area contributed by atoms with Crippen LogP contribution in [-0.2, 0) is 0 Å². The van der Waals surface area contributed by atoms with E-state index in [1.165, 1.54) is 12.0 Å². The minimum atomic E-state index is 0.345. The third-order valence-electron chi connectivity index (χ3n) is 1.71. The maximum Gasteiger partial charge on any atom is 0.00758 e. The lowest BCUT2D eigenvalue weighted by atomic mass is 10.0. The minimum absolute atomic E-state index is 0.345. The summed E-state index contributed by atoms with van der Waals surface area (Å²) >= 11 is 0. The molecule has 0 aromatic heterocycles. The molecule has 0 aromatic carbocycles. The van der Waals surface area contributed by atoms with Gasteiger partial charge in [-0.05, 0) is 19.3 Å². The van der Waals surface area contributed by atoms with E-state index in [2.05, 4.69) is 20.4 Å². The number of hydrogen-bond acceptors (Lipinski definition) is 1. The van der Waals surface area contributed by atoms with E-state index in [-0.39, 0.29) is 0 Å². The predicted molar refractivity (Wildman–Crippen MR) is 46.9 cm³/mol. The van der Waals surface area contributed by atoms with Crippen LogP contribution in [0, 0.1) is 0 Å². The Hall–Kier alpha value is -0.300. The zero-order valence-electron chi connectivity index (χ0n) is 7.19. The third-order valence-corrected chi connectivity index (χ3v) is 1.71. The number of hydrogen-bond donors (Lipinski definition) is 1. The first-order valence-corrected chi connectivity index (χ1v) is 4.12. The Morgan fingerprint density at radius 1 is 1.50 bits per heavy atom. The second-order valence-corrected chi connectivity index (χ2v) is 2.86. The molecule has 0 rings (SSSR count). The standard InChI is InChI=1S/C9H19N/c1-4-6-9(10)7-8(3)5-2/h9H,3-7,10H2,1-2H3. The zero-order valence-corrected chi connectivity index (χ0v) is 7.19. The predicted octanol–water partition coefficient (Wildman–Crippen LogP) is 2.47. The molecule has 0 spiro atoms. The molecule has 2 N–H and O–H groups in total. The van der Waals surface area contributed by atoms with E-state index in [0.717, 1.165) is 19.3 Å². The second kappa shape index (κ2) is 5.48. The van der Waals surface area contributed by atoms with Crippen LogP contribution in [0.25, 0.3) is 0 Å². The van der Waals surface area contributed by atoms with E-state index in [9.17, 15) is 0 Å². The van der Waals surface area contributed by atoms with E-state index in [1.54, 1.807) is 0 Å². The maximum atomic E-state index is 5.80. The third kappa shape index (κ3) is 4.57. The van der Waals surface area contributed by atoms with Crippen LogP contribution in [0.3, 0.4) is 0 Å². The van der Waals surface area contributed by atoms with Crippen molar-refractivity contribution >= 4 is 0 Å². The Morgan fingerprint density at radius 2 is 2.10 bits per heavy atom. The molecule has 1 unspecified atom stereocenters. The summed E-state index contributed by atoms with van der Waals surface area (Å²) in [5.41, 5.74) is 7.08. The van der Waals surface area contributed by atoms with Crippen LogP contribution in [0.15, 0.2) is 12.2 Å². The van der Waals surface area contributed by atoms with Gasteiger partial charge in [-0.25, -0.2) is 0 Å². The van der Waals surface area contributed by atoms with E-state index < -0.39 is 0 Å². The second-order valence-electron chi connectivity index (χ2n) is 2.86. The fourth-order valence-electron chi connectivity index (χ4n) is 0.988. The summed E-state index contributed by atoms with van der Waals surface area (Å²) in [6.07, 6.45) is 4.37. The highest BCUT2D eigenvalue weighted by Crippen LogP contribution is 2.08. The van der Waals surface area contributed by atoms with Crippen LogP contribution in [0.4, 0.5) is 0 Å². The van der Waals surface area contributed by atoms with Crippen molar-refractivity contribution < 1.29 is 0 Å². The summed E-state index contributed by atoms with van der Waals surface area (Å²) in [5.74, 6) is 0. The highest BCUT2D eigenvalue weighted by atomic mass is 14.6. The lowest BCUT2D eigenvalue weighted by Crippen LogP contribution is -2.19. The van der Waals surface area contributed by atoms with Gasteiger partial charge < -0.3 is 5.73 Å². The van der Waals surface area contributed by atoms with Crippen LogP contribution >= 0.6 is 0 Å². The Morgan fingerprint density at radius 3 is 2.50 bits per heavy atom. The molecule has 1 atom stereocenters. The van der Waals surface area contributed by atoms with E-state index in [1.807, 2.05) is 0 Å². The molecule has 10 heavy (non-hydrogen) atoms. The Kier molecular flexibility index (Phi) is 5.32. The van der Waals surface area contributed by atoms with Crippen molar-refractivity contribution in [2.75, 3.05) is 0 Å². The average Bonchev–Trinajstić information content (AvgIpc) is 1.88. The molecule has 0 heterocycles. The van der Waals surface area contributed by atoms with Crippen molar-refractivity contribution in [3.63, 3.8) is 0 Å². The number of rotatable bonds is 5. The molecule has 0 fully saturated rings. The molecule has 0 saturated carbocycles. The molecule has 0 radical (unpaired) electrons. The Bertz CT molecular complexity index is 96.9. The molecule has 0 aliphatic rings. The monoisotopic (exact) mass is 141 g/mol. The first-order chi connectivity index (χ1) is 4.70. The lowest BCUT2D eigenvalue weighted by molar-refractivity contribution is 0.592. The Labute approximate surface area is 64.3 Å². The van der Waals surface area contributed by atoms with Gasteiger partial charge in [-0.2, -0.15) is 0 Å². The van der Waals surface area contributed by atoms with Crippen LogP contribution < -0.4 is 5.73 Å². The van der Waals surface area contributed by atoms with Crippen LogP contribution in [-0.4, -0.2) is 6.04 Å². The van der Waals surface area contributed by atoms with Crippen LogP contribution in [0.2, 0.25) is 0 Å². The zero-order chi connectivity index (χ0) is 7.98. The molecule has 0 aliphatic carbocycles. The topological polar surface area (TPSA) is 26.0 Å². The van der Waals surface area contributed by atoms with Crippen molar-refractivity contribution in [2.45, 2.75) is 45.6 Å². The van der Waals surface area contributed by atoms with Crippen molar-refractivity contribution in [3.05, 3.63) is 12.2 Å². The molecule has 60 valence electrons. The highest BCUT2D eigenvalue weighted by Gasteiger charge is 2.00. The SMILES string of the molecule is C=C(CC)CC(N)CCC. The Balaban J connectivity index is 3.37. The van der Waals surface area contributed by atoms with Gasteiger partial charge in [0.2, 0.25) is 0 Å². The van der Waals surface area contributed by atoms with Gasteiger partial charge in [-0.15, -0.1) is 0 Å². The van der Waals surface area contributed by atoms with Crippen molar-refractivity contribution in [1.82, 2.24) is 0 Å². The molecular formula is C9H19N. The molecule has 1 heteroatoms. The fraction of sp³-hybridized carbons (Fsp3) is 0.778. The first kappa shape index (κ1) is 9.70. The van der Waals surface area contributed by atoms with E-state index >= 15 is 0 Å². The largest absolute Gasteiger partial charge is 0.327 e. The van der Waals surface area contributed by atoms with Crippen LogP contribution in [0.5, 0.6) is 0 Å². The molecular weight excluding hydrogens is 122 g/mol. The quantitative estimate of drug-likeness (QED) is 0.585. The normalized spacial score (nSPS) is 13.1. The van der Waals surface area contributed by atoms with Gasteiger partial charge in [0.15, 0.2) is 0 Å². The fourth-order valence-corrected chi connectivity index (χ4v) is 0.988. The van der Waals surface area contributed by atoms with Gasteiger partial charge in [-0.1, -0.05) is 32.4 Å². The molecule has 0 saturated heterocycles. The van der Waals surface area contributed by atoms with E-state index in [4.69, 9.17) is 5.73 Å². The smallest absolute Gasteiger partial charge is 0.00758 e. The summed E-state index contributed by atoms with van der Waals surface area (Å²) in [4.78, 5) is 0. The summed E-state index contributed by atoms with van der Waals surface area (Å²) < 4.78 is 0. The average molecular weight is 141 g/mol. The van der Waals surface area contributed by atoms with Crippen molar-refractivity contribution in [1.29, 1.82) is 0 Å². The summed E-state index contributed by atoms with van der Waals surface area (Å²) in [5, 5.41) is 0. The summed E-state index contributed by atoms with van der Waals surface area (Å²) in [6, 6.07) is 0.345. The summed E-state index contributed by atoms with van der Waals surface area (Å²) in [7, 11) is 0. The van der Waals surface area contributed by atoms with Gasteiger partial charge in [0.25, 0.3) is 0 Å². The van der Waals surface area contributed by atoms with Crippen LogP contribution in [0.1, 0.15) is 39.5 Å². The molecule has 0 aromatic rings. The first-order valence-electron chi connectivity index (χ1n) is 4.12. The molecule has 0 aliphatic heterocycles. The molecule has 1 nitrogen and oxygen atoms in total. The molecule has 0 bridgehead atoms. The van der Waals surface area contributed by atoms with Gasteiger partial charge in [-0.3, -0.25) is 0 Å². The van der Waals surface area contributed by atoms with Gasteiger partial charge >= 0.3 is 0 Å². The minimum Gasteiger partial charge on any atom is -0.327 e.